The molecule has 2 saturated heterocycles. The Morgan fingerprint density at radius 1 is 1.36 bits per heavy atom. The summed E-state index contributed by atoms with van der Waals surface area (Å²) in [6.07, 6.45) is -1.15. The van der Waals surface area contributed by atoms with E-state index in [2.05, 4.69) is 5.32 Å². The van der Waals surface area contributed by atoms with Crippen LogP contribution < -0.4 is 15.1 Å². The summed E-state index contributed by atoms with van der Waals surface area (Å²) in [5, 5.41) is 11.1. The van der Waals surface area contributed by atoms with Crippen LogP contribution in [-0.2, 0) is 14.3 Å². The molecule has 25 heavy (non-hydrogen) atoms. The first-order valence-electron chi connectivity index (χ1n) is 8.06. The van der Waals surface area contributed by atoms with Crippen molar-refractivity contribution in [1.82, 2.24) is 5.32 Å². The van der Waals surface area contributed by atoms with Crippen LogP contribution in [0.15, 0.2) is 18.2 Å². The molecule has 0 spiro atoms. The van der Waals surface area contributed by atoms with Crippen molar-refractivity contribution in [3.63, 3.8) is 0 Å². The summed E-state index contributed by atoms with van der Waals surface area (Å²) >= 11 is 0. The lowest BCUT2D eigenvalue weighted by molar-refractivity contribution is -0.124. The lowest BCUT2D eigenvalue weighted by Gasteiger charge is -2.29. The SMILES string of the molecule is O=C(CO)NCC1CN(c2ccc(N3CCOCC3)c(F)c2)C(=O)O1. The molecule has 8 nitrogen and oxygen atoms in total. The quantitative estimate of drug-likeness (QED) is 0.780. The van der Waals surface area contributed by atoms with Crippen LogP contribution in [-0.4, -0.2) is 69.2 Å². The third-order valence-corrected chi connectivity index (χ3v) is 4.14. The van der Waals surface area contributed by atoms with Gasteiger partial charge in [0.05, 0.1) is 37.7 Å². The number of hydrogen-bond acceptors (Lipinski definition) is 6. The van der Waals surface area contributed by atoms with E-state index in [-0.39, 0.29) is 13.1 Å². The number of aliphatic hydroxyl groups is 1. The van der Waals surface area contributed by atoms with Gasteiger partial charge >= 0.3 is 6.09 Å². The lowest BCUT2D eigenvalue weighted by atomic mass is 10.2. The average Bonchev–Trinajstić information content (AvgIpc) is 3.01. The molecule has 3 rings (SSSR count). The zero-order valence-corrected chi connectivity index (χ0v) is 13.6. The molecule has 136 valence electrons. The van der Waals surface area contributed by atoms with Crippen molar-refractivity contribution in [1.29, 1.82) is 0 Å². The van der Waals surface area contributed by atoms with Gasteiger partial charge in [0.1, 0.15) is 18.5 Å². The maximum Gasteiger partial charge on any atom is 0.414 e. The van der Waals surface area contributed by atoms with Crippen LogP contribution in [0.2, 0.25) is 0 Å². The van der Waals surface area contributed by atoms with Crippen molar-refractivity contribution in [2.24, 2.45) is 0 Å². The Hall–Kier alpha value is -2.39. The van der Waals surface area contributed by atoms with Gasteiger partial charge < -0.3 is 24.8 Å². The van der Waals surface area contributed by atoms with Gasteiger partial charge in [0.2, 0.25) is 5.91 Å². The van der Waals surface area contributed by atoms with Crippen LogP contribution >= 0.6 is 0 Å². The second-order valence-electron chi connectivity index (χ2n) is 5.81. The molecule has 9 heteroatoms. The number of rotatable bonds is 5. The number of hydrogen-bond donors (Lipinski definition) is 2. The van der Waals surface area contributed by atoms with Gasteiger partial charge in [-0.2, -0.15) is 0 Å². The van der Waals surface area contributed by atoms with Gasteiger partial charge in [-0.15, -0.1) is 0 Å². The highest BCUT2D eigenvalue weighted by molar-refractivity contribution is 5.90. The second-order valence-corrected chi connectivity index (χ2v) is 5.81. The molecule has 2 N–H and O–H groups in total. The van der Waals surface area contributed by atoms with Crippen molar-refractivity contribution in [3.8, 4) is 0 Å². The minimum atomic E-state index is -0.626. The van der Waals surface area contributed by atoms with Gasteiger partial charge in [-0.3, -0.25) is 9.69 Å². The van der Waals surface area contributed by atoms with Crippen LogP contribution in [0.4, 0.5) is 20.6 Å². The van der Waals surface area contributed by atoms with E-state index in [0.29, 0.717) is 37.7 Å². The first-order chi connectivity index (χ1) is 12.1. The van der Waals surface area contributed by atoms with E-state index in [1.807, 2.05) is 4.90 Å². The summed E-state index contributed by atoms with van der Waals surface area (Å²) < 4.78 is 24.9. The largest absolute Gasteiger partial charge is 0.442 e. The van der Waals surface area contributed by atoms with Gasteiger partial charge in [0.15, 0.2) is 0 Å². The fourth-order valence-corrected chi connectivity index (χ4v) is 2.85. The zero-order chi connectivity index (χ0) is 17.8. The second kappa shape index (κ2) is 7.66. The van der Waals surface area contributed by atoms with Gasteiger partial charge in [-0.1, -0.05) is 0 Å². The number of cyclic esters (lactones) is 1. The van der Waals surface area contributed by atoms with E-state index >= 15 is 0 Å². The Morgan fingerprint density at radius 3 is 2.80 bits per heavy atom. The van der Waals surface area contributed by atoms with Crippen LogP contribution in [0.5, 0.6) is 0 Å². The third-order valence-electron chi connectivity index (χ3n) is 4.14. The molecule has 1 atom stereocenters. The topological polar surface area (TPSA) is 91.3 Å². The summed E-state index contributed by atoms with van der Waals surface area (Å²) in [6, 6.07) is 4.62. The maximum absolute atomic E-state index is 14.5. The van der Waals surface area contributed by atoms with E-state index in [0.717, 1.165) is 0 Å². The summed E-state index contributed by atoms with van der Waals surface area (Å²) in [6.45, 7) is 2.01. The molecule has 1 aromatic rings. The number of nitrogens with zero attached hydrogens (tertiary/aromatic N) is 2. The first kappa shape index (κ1) is 17.4. The lowest BCUT2D eigenvalue weighted by Crippen LogP contribution is -2.37. The van der Waals surface area contributed by atoms with E-state index in [1.54, 1.807) is 12.1 Å². The summed E-state index contributed by atoms with van der Waals surface area (Å²) in [4.78, 5) is 26.3. The van der Waals surface area contributed by atoms with Crippen molar-refractivity contribution in [2.75, 3.05) is 55.8 Å². The molecule has 2 heterocycles. The van der Waals surface area contributed by atoms with Crippen LogP contribution in [0.1, 0.15) is 0 Å². The molecule has 0 radical (unpaired) electrons. The molecule has 1 aromatic carbocycles. The number of nitrogens with one attached hydrogen (secondary N) is 1. The van der Waals surface area contributed by atoms with Gasteiger partial charge in [-0.05, 0) is 18.2 Å². The van der Waals surface area contributed by atoms with Crippen molar-refractivity contribution < 1.29 is 28.6 Å². The number of aliphatic hydroxyl groups excluding tert-OH is 1. The fraction of sp³-hybridized carbons (Fsp3) is 0.500. The standard InChI is InChI=1S/C16H20FN3O5/c17-13-7-11(1-2-14(13)19-3-5-24-6-4-19)20-9-12(25-16(20)23)8-18-15(22)10-21/h1-2,7,12,21H,3-6,8-10H2,(H,18,22). The Labute approximate surface area is 144 Å². The minimum Gasteiger partial charge on any atom is -0.442 e. The predicted octanol–water partition coefficient (Wildman–Crippen LogP) is 0.0960. The number of halogens is 1. The number of morpholine rings is 1. The monoisotopic (exact) mass is 353 g/mol. The molecule has 0 aromatic heterocycles. The molecule has 0 saturated carbocycles. The molecule has 2 aliphatic heterocycles. The van der Waals surface area contributed by atoms with Gasteiger partial charge in [0, 0.05) is 13.1 Å². The molecule has 2 amide bonds. The highest BCUT2D eigenvalue weighted by Gasteiger charge is 2.33. The zero-order valence-electron chi connectivity index (χ0n) is 13.6. The summed E-state index contributed by atoms with van der Waals surface area (Å²) in [5.74, 6) is -0.959. The Morgan fingerprint density at radius 2 is 2.12 bits per heavy atom. The third kappa shape index (κ3) is 3.99. The Balaban J connectivity index is 1.66. The van der Waals surface area contributed by atoms with Crippen LogP contribution in [0.25, 0.3) is 0 Å². The molecular weight excluding hydrogens is 333 g/mol. The fourth-order valence-electron chi connectivity index (χ4n) is 2.85. The summed E-state index contributed by atoms with van der Waals surface area (Å²) in [5.41, 5.74) is 0.877. The molecule has 0 aliphatic carbocycles. The van der Waals surface area contributed by atoms with E-state index < -0.39 is 30.5 Å². The van der Waals surface area contributed by atoms with E-state index in [1.165, 1.54) is 11.0 Å². The van der Waals surface area contributed by atoms with Crippen LogP contribution in [0, 0.1) is 5.82 Å². The van der Waals surface area contributed by atoms with Crippen molar-refractivity contribution in [3.05, 3.63) is 24.0 Å². The number of ether oxygens (including phenoxy) is 2. The maximum atomic E-state index is 14.5. The number of carbonyl (C=O) groups excluding carboxylic acids is 2. The van der Waals surface area contributed by atoms with E-state index in [4.69, 9.17) is 14.6 Å². The highest BCUT2D eigenvalue weighted by Crippen LogP contribution is 2.28. The van der Waals surface area contributed by atoms with Crippen LogP contribution in [0.3, 0.4) is 0 Å². The minimum absolute atomic E-state index is 0.0932. The first-order valence-corrected chi connectivity index (χ1v) is 8.06. The number of carbonyl (C=O) groups is 2. The summed E-state index contributed by atoms with van der Waals surface area (Å²) in [7, 11) is 0. The molecule has 2 aliphatic rings. The van der Waals surface area contributed by atoms with Crippen molar-refractivity contribution in [2.45, 2.75) is 6.10 Å². The number of benzene rings is 1. The normalized spacial score (nSPS) is 20.6. The number of amides is 2. The average molecular weight is 353 g/mol. The highest BCUT2D eigenvalue weighted by atomic mass is 19.1. The van der Waals surface area contributed by atoms with Crippen molar-refractivity contribution >= 4 is 23.4 Å². The number of anilines is 2. The Kier molecular flexibility index (Phi) is 5.34. The Bertz CT molecular complexity index is 651. The predicted molar refractivity (Wildman–Crippen MR) is 87.1 cm³/mol. The molecule has 1 unspecified atom stereocenters. The smallest absolute Gasteiger partial charge is 0.414 e. The van der Waals surface area contributed by atoms with Gasteiger partial charge in [0.25, 0.3) is 0 Å². The van der Waals surface area contributed by atoms with Gasteiger partial charge in [-0.25, -0.2) is 9.18 Å². The molecule has 0 bridgehead atoms. The van der Waals surface area contributed by atoms with E-state index in [9.17, 15) is 14.0 Å². The molecular formula is C16H20FN3O5. The molecule has 2 fully saturated rings.